The summed E-state index contributed by atoms with van der Waals surface area (Å²) in [7, 11) is 0. The van der Waals surface area contributed by atoms with E-state index < -0.39 is 0 Å². The van der Waals surface area contributed by atoms with Gasteiger partial charge in [0.05, 0.1) is 16.6 Å². The van der Waals surface area contributed by atoms with Gasteiger partial charge >= 0.3 is 0 Å². The molecule has 1 saturated carbocycles. The predicted octanol–water partition coefficient (Wildman–Crippen LogP) is 5.79. The molecule has 6 nitrogen and oxygen atoms in total. The first kappa shape index (κ1) is 21.3. The molecule has 2 aromatic carbocycles. The average molecular weight is 487 g/mol. The number of hydrogen-bond acceptors (Lipinski definition) is 5. The van der Waals surface area contributed by atoms with Crippen molar-refractivity contribution in [2.75, 3.05) is 37.6 Å². The van der Waals surface area contributed by atoms with Crippen LogP contribution >= 0.6 is 0 Å². The molecule has 0 amide bonds. The van der Waals surface area contributed by atoms with Crippen LogP contribution in [0, 0.1) is 5.92 Å². The summed E-state index contributed by atoms with van der Waals surface area (Å²) >= 11 is 0. The summed E-state index contributed by atoms with van der Waals surface area (Å²) in [5.41, 5.74) is 6.64. The average Bonchev–Trinajstić information content (AvgIpc) is 3.67. The minimum absolute atomic E-state index is 0.516. The van der Waals surface area contributed by atoms with E-state index in [0.29, 0.717) is 6.04 Å². The number of fused-ring (bicyclic) bond motifs is 2. The number of rotatable bonds is 6. The van der Waals surface area contributed by atoms with Crippen LogP contribution in [0.4, 0.5) is 5.82 Å². The van der Waals surface area contributed by atoms with Gasteiger partial charge in [0.1, 0.15) is 17.8 Å². The minimum atomic E-state index is 0.516. The van der Waals surface area contributed by atoms with E-state index in [1.165, 1.54) is 55.4 Å². The molecule has 3 fully saturated rings. The molecule has 184 valence electrons. The number of nitrogens with zero attached hydrogens (tertiary/aromatic N) is 6. The lowest BCUT2D eigenvalue weighted by molar-refractivity contribution is 0.0921. The van der Waals surface area contributed by atoms with E-state index in [4.69, 9.17) is 15.0 Å². The van der Waals surface area contributed by atoms with Crippen molar-refractivity contribution in [3.8, 4) is 22.4 Å². The molecule has 2 saturated heterocycles. The molecule has 0 atom stereocenters. The molecule has 5 heterocycles. The van der Waals surface area contributed by atoms with Crippen molar-refractivity contribution in [1.29, 1.82) is 0 Å². The number of aromatic nitrogens is 4. The van der Waals surface area contributed by atoms with Gasteiger partial charge in [-0.3, -0.25) is 0 Å². The number of anilines is 1. The standard InChI is InChI=1S/C31H30N6/c1-2-5-22(6-3-1)27-10-9-23-7-8-24(17-28(23)34-27)26-19-37(25-15-21(16-25)18-35-11-4-12-35)31-29(26)30(32-20-33-31)36-13-14-36/h1-3,5-10,17,19-21,25H,4,11-16,18H2. The van der Waals surface area contributed by atoms with Gasteiger partial charge in [0, 0.05) is 48.4 Å². The molecule has 2 aliphatic heterocycles. The third-order valence-corrected chi connectivity index (χ3v) is 8.48. The minimum Gasteiger partial charge on any atom is -0.352 e. The van der Waals surface area contributed by atoms with Gasteiger partial charge in [-0.1, -0.05) is 48.5 Å². The highest BCUT2D eigenvalue weighted by Gasteiger charge is 2.35. The Labute approximate surface area is 216 Å². The Morgan fingerprint density at radius 1 is 0.838 bits per heavy atom. The van der Waals surface area contributed by atoms with Gasteiger partial charge in [-0.2, -0.15) is 0 Å². The maximum Gasteiger partial charge on any atom is 0.146 e. The monoisotopic (exact) mass is 486 g/mol. The van der Waals surface area contributed by atoms with Crippen LogP contribution in [0.3, 0.4) is 0 Å². The van der Waals surface area contributed by atoms with E-state index in [2.05, 4.69) is 75.2 Å². The molecule has 0 N–H and O–H groups in total. The van der Waals surface area contributed by atoms with Gasteiger partial charge < -0.3 is 14.4 Å². The summed E-state index contributed by atoms with van der Waals surface area (Å²) in [4.78, 5) is 19.6. The van der Waals surface area contributed by atoms with Crippen LogP contribution in [-0.4, -0.2) is 57.1 Å². The van der Waals surface area contributed by atoms with Crippen molar-refractivity contribution in [3.05, 3.63) is 73.2 Å². The number of hydrogen-bond donors (Lipinski definition) is 0. The highest BCUT2D eigenvalue weighted by molar-refractivity contribution is 6.03. The fourth-order valence-electron chi connectivity index (χ4n) is 6.13. The van der Waals surface area contributed by atoms with Gasteiger partial charge in [0.2, 0.25) is 0 Å². The third-order valence-electron chi connectivity index (χ3n) is 8.48. The third kappa shape index (κ3) is 3.70. The van der Waals surface area contributed by atoms with Gasteiger partial charge in [0.15, 0.2) is 0 Å². The van der Waals surface area contributed by atoms with E-state index in [1.54, 1.807) is 6.33 Å². The highest BCUT2D eigenvalue weighted by atomic mass is 15.3. The number of benzene rings is 2. The Balaban J connectivity index is 1.21. The lowest BCUT2D eigenvalue weighted by atomic mass is 9.79. The predicted molar refractivity (Wildman–Crippen MR) is 149 cm³/mol. The summed E-state index contributed by atoms with van der Waals surface area (Å²) in [5.74, 6) is 1.88. The highest BCUT2D eigenvalue weighted by Crippen LogP contribution is 2.45. The van der Waals surface area contributed by atoms with Crippen LogP contribution in [0.1, 0.15) is 25.3 Å². The molecule has 0 bridgehead atoms. The Hall–Kier alpha value is -3.77. The second-order valence-electron chi connectivity index (χ2n) is 10.9. The molecule has 3 aliphatic rings. The van der Waals surface area contributed by atoms with E-state index in [-0.39, 0.29) is 0 Å². The first-order valence-electron chi connectivity index (χ1n) is 13.6. The molecule has 0 spiro atoms. The van der Waals surface area contributed by atoms with Crippen LogP contribution in [0.5, 0.6) is 0 Å². The first-order chi connectivity index (χ1) is 18.3. The van der Waals surface area contributed by atoms with Crippen LogP contribution in [0.25, 0.3) is 44.3 Å². The maximum atomic E-state index is 5.05. The molecule has 3 aromatic heterocycles. The second kappa shape index (κ2) is 8.38. The van der Waals surface area contributed by atoms with Crippen LogP contribution in [0.2, 0.25) is 0 Å². The zero-order chi connectivity index (χ0) is 24.3. The normalized spacial score (nSPS) is 21.2. The van der Waals surface area contributed by atoms with Crippen molar-refractivity contribution in [1.82, 2.24) is 24.4 Å². The summed E-state index contributed by atoms with van der Waals surface area (Å²) in [6.45, 7) is 5.96. The molecule has 6 heteroatoms. The summed E-state index contributed by atoms with van der Waals surface area (Å²) in [6, 6.07) is 21.9. The van der Waals surface area contributed by atoms with Gasteiger partial charge in [-0.05, 0) is 56.0 Å². The van der Waals surface area contributed by atoms with E-state index >= 15 is 0 Å². The van der Waals surface area contributed by atoms with Gasteiger partial charge in [-0.25, -0.2) is 15.0 Å². The molecule has 0 unspecified atom stereocenters. The summed E-state index contributed by atoms with van der Waals surface area (Å²) < 4.78 is 2.45. The fourth-order valence-corrected chi connectivity index (χ4v) is 6.13. The second-order valence-corrected chi connectivity index (χ2v) is 10.9. The molecular formula is C31H30N6. The zero-order valence-electron chi connectivity index (χ0n) is 20.9. The Bertz CT molecular complexity index is 1610. The van der Waals surface area contributed by atoms with Crippen LogP contribution < -0.4 is 4.90 Å². The van der Waals surface area contributed by atoms with Crippen molar-refractivity contribution < 1.29 is 0 Å². The van der Waals surface area contributed by atoms with Gasteiger partial charge in [0.25, 0.3) is 0 Å². The Kier molecular flexibility index (Phi) is 4.83. The molecule has 8 rings (SSSR count). The molecule has 37 heavy (non-hydrogen) atoms. The van der Waals surface area contributed by atoms with Crippen molar-refractivity contribution in [2.45, 2.75) is 25.3 Å². The number of likely N-dealkylation sites (tertiary alicyclic amines) is 1. The van der Waals surface area contributed by atoms with Crippen LogP contribution in [0.15, 0.2) is 73.2 Å². The van der Waals surface area contributed by atoms with Crippen molar-refractivity contribution >= 4 is 27.8 Å². The summed E-state index contributed by atoms with van der Waals surface area (Å²) in [6.07, 6.45) is 7.94. The van der Waals surface area contributed by atoms with E-state index in [9.17, 15) is 0 Å². The SMILES string of the molecule is c1ccc(-c2ccc3ccc(-c4cn(C5CC(CN6CCC6)C5)c5ncnc(N6CC6)c45)cc3n2)cc1. The Morgan fingerprint density at radius 2 is 1.68 bits per heavy atom. The van der Waals surface area contributed by atoms with Crippen LogP contribution in [-0.2, 0) is 0 Å². The Morgan fingerprint density at radius 3 is 2.46 bits per heavy atom. The van der Waals surface area contributed by atoms with Crippen molar-refractivity contribution in [3.63, 3.8) is 0 Å². The largest absolute Gasteiger partial charge is 0.352 e. The summed E-state index contributed by atoms with van der Waals surface area (Å²) in [5, 5.41) is 2.34. The zero-order valence-corrected chi connectivity index (χ0v) is 20.9. The first-order valence-corrected chi connectivity index (χ1v) is 13.6. The fraction of sp³-hybridized carbons (Fsp3) is 0.323. The molecular weight excluding hydrogens is 456 g/mol. The quantitative estimate of drug-likeness (QED) is 0.284. The molecule has 5 aromatic rings. The lowest BCUT2D eigenvalue weighted by Gasteiger charge is -2.42. The molecule has 0 radical (unpaired) electrons. The molecule has 1 aliphatic carbocycles. The maximum absolute atomic E-state index is 5.05. The van der Waals surface area contributed by atoms with E-state index in [0.717, 1.165) is 52.6 Å². The van der Waals surface area contributed by atoms with E-state index in [1.807, 2.05) is 6.07 Å². The lowest BCUT2D eigenvalue weighted by Crippen LogP contribution is -2.43. The topological polar surface area (TPSA) is 49.9 Å². The smallest absolute Gasteiger partial charge is 0.146 e. The van der Waals surface area contributed by atoms with Gasteiger partial charge in [-0.15, -0.1) is 0 Å². The van der Waals surface area contributed by atoms with Crippen molar-refractivity contribution in [2.24, 2.45) is 5.92 Å². The number of pyridine rings is 1.